The zero-order chi connectivity index (χ0) is 9.40. The summed E-state index contributed by atoms with van der Waals surface area (Å²) in [7, 11) is 3.25. The molecule has 12 heavy (non-hydrogen) atoms. The molecule has 0 N–H and O–H groups in total. The van der Waals surface area contributed by atoms with Crippen molar-refractivity contribution in [3.8, 4) is 18.1 Å². The van der Waals surface area contributed by atoms with Crippen LogP contribution in [0.15, 0.2) is 24.3 Å². The Morgan fingerprint density at radius 2 is 1.33 bits per heavy atom. The fourth-order valence-electron chi connectivity index (χ4n) is 0.787. The zero-order valence-electron chi connectivity index (χ0n) is 7.15. The van der Waals surface area contributed by atoms with E-state index in [0.717, 1.165) is 11.5 Å². The van der Waals surface area contributed by atoms with Crippen molar-refractivity contribution in [2.45, 2.75) is 0 Å². The molecule has 3 nitrogen and oxygen atoms in total. The monoisotopic (exact) mass is 165 g/mol. The molecule has 1 aromatic carbocycles. The van der Waals surface area contributed by atoms with Crippen molar-refractivity contribution >= 4 is 0 Å². The van der Waals surface area contributed by atoms with E-state index >= 15 is 0 Å². The van der Waals surface area contributed by atoms with Crippen molar-refractivity contribution in [3.63, 3.8) is 0 Å². The molecule has 0 amide bonds. The maximum Gasteiger partial charge on any atom is 0.160 e. The Hall–Kier alpha value is -1.69. The van der Waals surface area contributed by atoms with Crippen LogP contribution in [0.25, 0.3) is 0 Å². The van der Waals surface area contributed by atoms with Gasteiger partial charge < -0.3 is 9.47 Å². The molecule has 0 fully saturated rings. The van der Waals surface area contributed by atoms with Crippen LogP contribution in [0.1, 0.15) is 0 Å². The summed E-state index contributed by atoms with van der Waals surface area (Å²) in [6, 6.07) is 7.53. The molecule has 64 valence electrons. The Kier molecular flexibility index (Phi) is 5.20. The van der Waals surface area contributed by atoms with Gasteiger partial charge in [-0.2, -0.15) is 0 Å². The Balaban J connectivity index is 0.000000561. The lowest BCUT2D eigenvalue weighted by Crippen LogP contribution is -1.88. The Morgan fingerprint density at radius 1 is 1.00 bits per heavy atom. The molecule has 0 radical (unpaired) electrons. The van der Waals surface area contributed by atoms with Gasteiger partial charge in [0.25, 0.3) is 0 Å². The molecule has 1 rings (SSSR count). The van der Waals surface area contributed by atoms with Crippen molar-refractivity contribution < 1.29 is 9.47 Å². The second-order valence-electron chi connectivity index (χ2n) is 1.85. The van der Waals surface area contributed by atoms with Crippen LogP contribution in [-0.2, 0) is 0 Å². The quantitative estimate of drug-likeness (QED) is 0.671. The first-order valence-corrected chi connectivity index (χ1v) is 3.31. The van der Waals surface area contributed by atoms with E-state index in [1.807, 2.05) is 24.3 Å². The number of para-hydroxylation sites is 2. The second-order valence-corrected chi connectivity index (χ2v) is 1.85. The van der Waals surface area contributed by atoms with Crippen molar-refractivity contribution in [1.82, 2.24) is 0 Å². The molecular weight excluding hydrogens is 154 g/mol. The lowest BCUT2D eigenvalue weighted by atomic mass is 10.3. The van der Waals surface area contributed by atoms with Crippen LogP contribution in [0.3, 0.4) is 0 Å². The largest absolute Gasteiger partial charge is 0.493 e. The molecular formula is C9H11NO2. The predicted molar refractivity (Wildman–Crippen MR) is 46.2 cm³/mol. The van der Waals surface area contributed by atoms with Crippen LogP contribution < -0.4 is 9.47 Å². The first-order valence-electron chi connectivity index (χ1n) is 3.31. The topological polar surface area (TPSA) is 42.2 Å². The number of rotatable bonds is 2. The Morgan fingerprint density at radius 3 is 1.58 bits per heavy atom. The van der Waals surface area contributed by atoms with E-state index in [4.69, 9.17) is 14.7 Å². The van der Waals surface area contributed by atoms with Gasteiger partial charge in [0.05, 0.1) is 14.2 Å². The van der Waals surface area contributed by atoms with Gasteiger partial charge in [0.1, 0.15) is 0 Å². The van der Waals surface area contributed by atoms with E-state index in [1.165, 1.54) is 0 Å². The molecule has 0 bridgehead atoms. The highest BCUT2D eigenvalue weighted by atomic mass is 16.5. The lowest BCUT2D eigenvalue weighted by Gasteiger charge is -2.04. The van der Waals surface area contributed by atoms with Crippen LogP contribution in [0.2, 0.25) is 0 Å². The first kappa shape index (κ1) is 10.3. The van der Waals surface area contributed by atoms with E-state index in [9.17, 15) is 0 Å². The molecule has 0 aliphatic carbocycles. The minimum Gasteiger partial charge on any atom is -0.493 e. The van der Waals surface area contributed by atoms with E-state index in [0.29, 0.717) is 0 Å². The number of ether oxygens (including phenoxy) is 2. The minimum absolute atomic E-state index is 0.769. The van der Waals surface area contributed by atoms with Crippen LogP contribution in [0, 0.1) is 11.8 Å². The summed E-state index contributed by atoms with van der Waals surface area (Å²) in [5.41, 5.74) is 0. The summed E-state index contributed by atoms with van der Waals surface area (Å²) in [6.07, 6.45) is 0. The summed E-state index contributed by atoms with van der Waals surface area (Å²) in [4.78, 5) is 0. The van der Waals surface area contributed by atoms with Crippen LogP contribution in [0.5, 0.6) is 11.5 Å². The smallest absolute Gasteiger partial charge is 0.160 e. The number of hydrogen-bond donors (Lipinski definition) is 0. The molecule has 0 aromatic heterocycles. The Labute approximate surface area is 72.2 Å². The molecule has 0 heterocycles. The van der Waals surface area contributed by atoms with Crippen molar-refractivity contribution in [2.75, 3.05) is 14.2 Å². The highest BCUT2D eigenvalue weighted by Gasteiger charge is 1.97. The number of benzene rings is 1. The Bertz CT molecular complexity index is 222. The van der Waals surface area contributed by atoms with Gasteiger partial charge in [-0.15, -0.1) is 0 Å². The van der Waals surface area contributed by atoms with E-state index in [2.05, 4.69) is 6.57 Å². The first-order chi connectivity index (χ1) is 5.88. The molecule has 0 spiro atoms. The van der Waals surface area contributed by atoms with Gasteiger partial charge in [0.15, 0.2) is 11.5 Å². The molecule has 0 atom stereocenters. The number of nitrogens with zero attached hydrogens (tertiary/aromatic N) is 1. The van der Waals surface area contributed by atoms with Crippen molar-refractivity contribution in [1.29, 1.82) is 5.26 Å². The number of nitriles is 1. The van der Waals surface area contributed by atoms with E-state index < -0.39 is 0 Å². The van der Waals surface area contributed by atoms with Gasteiger partial charge >= 0.3 is 0 Å². The number of methoxy groups -OCH3 is 2. The summed E-state index contributed by atoms with van der Waals surface area (Å²) in [6.45, 7) is 3.50. The zero-order valence-corrected chi connectivity index (χ0v) is 7.15. The highest BCUT2D eigenvalue weighted by Crippen LogP contribution is 2.24. The average molecular weight is 165 g/mol. The maximum atomic E-state index is 6.50. The maximum absolute atomic E-state index is 6.50. The second kappa shape index (κ2) is 6.05. The normalized spacial score (nSPS) is 7.67. The molecule has 0 aliphatic rings. The van der Waals surface area contributed by atoms with Gasteiger partial charge in [0.2, 0.25) is 0 Å². The molecule has 0 saturated carbocycles. The average Bonchev–Trinajstić information content (AvgIpc) is 2.20. The predicted octanol–water partition coefficient (Wildman–Crippen LogP) is 1.84. The highest BCUT2D eigenvalue weighted by molar-refractivity contribution is 5.38. The third kappa shape index (κ3) is 2.51. The molecule has 0 saturated heterocycles. The molecule has 0 unspecified atom stereocenters. The molecule has 3 heteroatoms. The van der Waals surface area contributed by atoms with Gasteiger partial charge in [-0.3, -0.25) is 0 Å². The molecule has 0 aliphatic heterocycles. The molecule has 1 aromatic rings. The van der Waals surface area contributed by atoms with Crippen molar-refractivity contribution in [3.05, 3.63) is 24.3 Å². The summed E-state index contributed by atoms with van der Waals surface area (Å²) < 4.78 is 10.0. The standard InChI is InChI=1S/C8H10O2.CHN/c1-9-7-5-3-4-6-8(7)10-2;1-2/h3-6H,1-2H3;1H. The van der Waals surface area contributed by atoms with Crippen LogP contribution in [-0.4, -0.2) is 14.2 Å². The third-order valence-corrected chi connectivity index (χ3v) is 1.29. The SMILES string of the molecule is C#N.COc1ccccc1OC. The van der Waals surface area contributed by atoms with Gasteiger partial charge in [-0.05, 0) is 12.1 Å². The lowest BCUT2D eigenvalue weighted by molar-refractivity contribution is 0.355. The van der Waals surface area contributed by atoms with E-state index in [1.54, 1.807) is 14.2 Å². The van der Waals surface area contributed by atoms with Gasteiger partial charge in [-0.25, -0.2) is 5.26 Å². The minimum atomic E-state index is 0.769. The fraction of sp³-hybridized carbons (Fsp3) is 0.222. The van der Waals surface area contributed by atoms with Gasteiger partial charge in [0, 0.05) is 6.57 Å². The third-order valence-electron chi connectivity index (χ3n) is 1.29. The fourth-order valence-corrected chi connectivity index (χ4v) is 0.787. The summed E-state index contributed by atoms with van der Waals surface area (Å²) in [5.74, 6) is 1.54. The summed E-state index contributed by atoms with van der Waals surface area (Å²) in [5, 5.41) is 6.50. The number of hydrogen-bond acceptors (Lipinski definition) is 3. The van der Waals surface area contributed by atoms with Crippen LogP contribution in [0.4, 0.5) is 0 Å². The van der Waals surface area contributed by atoms with Crippen LogP contribution >= 0.6 is 0 Å². The van der Waals surface area contributed by atoms with Gasteiger partial charge in [-0.1, -0.05) is 12.1 Å². The van der Waals surface area contributed by atoms with E-state index in [-0.39, 0.29) is 0 Å². The van der Waals surface area contributed by atoms with Crippen molar-refractivity contribution in [2.24, 2.45) is 0 Å². The summed E-state index contributed by atoms with van der Waals surface area (Å²) >= 11 is 0.